The van der Waals surface area contributed by atoms with Gasteiger partial charge in [0.25, 0.3) is 0 Å². The molecule has 1 aromatic heterocycles. The van der Waals surface area contributed by atoms with Crippen LogP contribution in [0.2, 0.25) is 0 Å². The predicted molar refractivity (Wildman–Crippen MR) is 132 cm³/mol. The van der Waals surface area contributed by atoms with Gasteiger partial charge in [-0.15, -0.1) is 11.3 Å². The van der Waals surface area contributed by atoms with E-state index in [1.807, 2.05) is 28.5 Å². The molecule has 1 unspecified atom stereocenters. The molecule has 2 aliphatic heterocycles. The number of carbonyl (C=O) groups excluding carboxylic acids is 2. The fraction of sp³-hybridized carbons (Fsp3) is 0.462. The number of nitrogens with zero attached hydrogens (tertiary/aromatic N) is 2. The molecule has 5 nitrogen and oxygen atoms in total. The molecule has 1 N–H and O–H groups in total. The summed E-state index contributed by atoms with van der Waals surface area (Å²) < 4.78 is 0. The van der Waals surface area contributed by atoms with Gasteiger partial charge in [0.15, 0.2) is 0 Å². The second-order valence-electron chi connectivity index (χ2n) is 9.58. The lowest BCUT2D eigenvalue weighted by Gasteiger charge is -2.31. The van der Waals surface area contributed by atoms with Crippen LogP contribution in [0.15, 0.2) is 47.9 Å². The number of hydrogen-bond acceptors (Lipinski definition) is 4. The molecule has 0 saturated carbocycles. The van der Waals surface area contributed by atoms with Crippen molar-refractivity contribution >= 4 is 34.9 Å². The first-order chi connectivity index (χ1) is 15.4. The summed E-state index contributed by atoms with van der Waals surface area (Å²) in [4.78, 5) is 30.2. The highest BCUT2D eigenvalue weighted by Gasteiger charge is 2.31. The Morgan fingerprint density at radius 1 is 1.19 bits per heavy atom. The molecule has 2 amide bonds. The van der Waals surface area contributed by atoms with Crippen molar-refractivity contribution in [3.63, 3.8) is 0 Å². The molecular formula is C26H33N3O2S. The number of anilines is 1. The van der Waals surface area contributed by atoms with Gasteiger partial charge in [-0.05, 0) is 61.1 Å². The van der Waals surface area contributed by atoms with Crippen LogP contribution < -0.4 is 10.2 Å². The normalized spacial score (nSPS) is 19.9. The maximum atomic E-state index is 12.6. The van der Waals surface area contributed by atoms with Crippen molar-refractivity contribution < 1.29 is 9.59 Å². The maximum absolute atomic E-state index is 12.6. The van der Waals surface area contributed by atoms with Crippen molar-refractivity contribution in [3.05, 3.63) is 58.3 Å². The second kappa shape index (κ2) is 10.0. The molecule has 6 heteroatoms. The molecule has 0 aliphatic carbocycles. The van der Waals surface area contributed by atoms with E-state index in [0.29, 0.717) is 19.5 Å². The van der Waals surface area contributed by atoms with E-state index in [0.717, 1.165) is 17.1 Å². The number of benzene rings is 1. The summed E-state index contributed by atoms with van der Waals surface area (Å²) in [7, 11) is 0. The number of amides is 2. The van der Waals surface area contributed by atoms with Crippen molar-refractivity contribution in [1.29, 1.82) is 0 Å². The fourth-order valence-corrected chi connectivity index (χ4v) is 5.32. The van der Waals surface area contributed by atoms with E-state index in [4.69, 9.17) is 0 Å². The Balaban J connectivity index is 1.30. The van der Waals surface area contributed by atoms with Crippen molar-refractivity contribution in [1.82, 2.24) is 10.2 Å². The van der Waals surface area contributed by atoms with Gasteiger partial charge >= 0.3 is 0 Å². The Kier molecular flexibility index (Phi) is 7.11. The first kappa shape index (κ1) is 22.7. The van der Waals surface area contributed by atoms with Crippen molar-refractivity contribution in [3.8, 4) is 0 Å². The molecular weight excluding hydrogens is 418 g/mol. The van der Waals surface area contributed by atoms with Gasteiger partial charge in [0, 0.05) is 54.0 Å². The van der Waals surface area contributed by atoms with Gasteiger partial charge in [-0.1, -0.05) is 32.0 Å². The van der Waals surface area contributed by atoms with Crippen molar-refractivity contribution in [2.24, 2.45) is 5.92 Å². The van der Waals surface area contributed by atoms with Crippen molar-refractivity contribution in [2.45, 2.75) is 38.5 Å². The van der Waals surface area contributed by atoms with E-state index in [1.54, 1.807) is 17.4 Å². The molecule has 0 spiro atoms. The first-order valence-corrected chi connectivity index (χ1v) is 12.4. The lowest BCUT2D eigenvalue weighted by Crippen LogP contribution is -2.35. The minimum atomic E-state index is -0.117. The highest BCUT2D eigenvalue weighted by Crippen LogP contribution is 2.30. The molecule has 0 bridgehead atoms. The van der Waals surface area contributed by atoms with Crippen LogP contribution in [0, 0.1) is 5.92 Å². The highest BCUT2D eigenvalue weighted by molar-refractivity contribution is 7.10. The molecule has 170 valence electrons. The number of rotatable bonds is 8. The van der Waals surface area contributed by atoms with Gasteiger partial charge in [0.05, 0.1) is 0 Å². The monoisotopic (exact) mass is 451 g/mol. The van der Waals surface area contributed by atoms with E-state index in [2.05, 4.69) is 48.3 Å². The van der Waals surface area contributed by atoms with Crippen molar-refractivity contribution in [2.75, 3.05) is 37.6 Å². The average molecular weight is 452 g/mol. The Hall–Kier alpha value is -2.44. The van der Waals surface area contributed by atoms with E-state index >= 15 is 0 Å². The van der Waals surface area contributed by atoms with Crippen LogP contribution in [0.5, 0.6) is 0 Å². The minimum Gasteiger partial charge on any atom is -0.352 e. The maximum Gasteiger partial charge on any atom is 0.244 e. The molecule has 2 fully saturated rings. The average Bonchev–Trinajstić information content (AvgIpc) is 3.53. The van der Waals surface area contributed by atoms with E-state index < -0.39 is 0 Å². The minimum absolute atomic E-state index is 0.0847. The first-order valence-electron chi connectivity index (χ1n) is 11.5. The molecule has 32 heavy (non-hydrogen) atoms. The van der Waals surface area contributed by atoms with Gasteiger partial charge in [0.2, 0.25) is 11.8 Å². The van der Waals surface area contributed by atoms with Gasteiger partial charge in [0.1, 0.15) is 0 Å². The van der Waals surface area contributed by atoms with Crippen LogP contribution in [-0.2, 0) is 15.0 Å². The lowest BCUT2D eigenvalue weighted by molar-refractivity contribution is -0.118. The van der Waals surface area contributed by atoms with Crippen LogP contribution in [0.3, 0.4) is 0 Å². The molecule has 1 atom stereocenters. The van der Waals surface area contributed by atoms with Crippen LogP contribution in [0.25, 0.3) is 6.08 Å². The lowest BCUT2D eigenvalue weighted by atomic mass is 9.84. The smallest absolute Gasteiger partial charge is 0.244 e. The van der Waals surface area contributed by atoms with Gasteiger partial charge in [-0.2, -0.15) is 0 Å². The number of likely N-dealkylation sites (tertiary alicyclic amines) is 1. The van der Waals surface area contributed by atoms with E-state index in [-0.39, 0.29) is 23.1 Å². The summed E-state index contributed by atoms with van der Waals surface area (Å²) in [6.45, 7) is 9.22. The number of thiophene rings is 1. The molecule has 0 radical (unpaired) electrons. The molecule has 1 aromatic carbocycles. The van der Waals surface area contributed by atoms with Crippen LogP contribution in [0.4, 0.5) is 5.69 Å². The standard InChI is InChI=1S/C26H33N3O2S/c1-26(2,19-28-13-3-4-14-28)21-7-9-22(10-8-21)29-18-20(16-25(29)31)17-27-24(30)12-11-23-6-5-15-32-23/h5-12,15,20H,3-4,13-14,16-19H2,1-2H3,(H,27,30)/b12-11+. The molecule has 4 rings (SSSR count). The molecule has 2 saturated heterocycles. The summed E-state index contributed by atoms with van der Waals surface area (Å²) in [5, 5.41) is 4.92. The third kappa shape index (κ3) is 5.67. The summed E-state index contributed by atoms with van der Waals surface area (Å²) in [5.41, 5.74) is 2.34. The van der Waals surface area contributed by atoms with Crippen LogP contribution >= 0.6 is 11.3 Å². The van der Waals surface area contributed by atoms with Crippen LogP contribution in [-0.4, -0.2) is 49.4 Å². The summed E-state index contributed by atoms with van der Waals surface area (Å²) in [6.07, 6.45) is 6.45. The number of hydrogen-bond donors (Lipinski definition) is 1. The van der Waals surface area contributed by atoms with Gasteiger partial charge < -0.3 is 15.1 Å². The van der Waals surface area contributed by atoms with Crippen LogP contribution in [0.1, 0.15) is 43.6 Å². The summed E-state index contributed by atoms with van der Waals surface area (Å²) in [6, 6.07) is 12.4. The zero-order valence-electron chi connectivity index (χ0n) is 19.0. The summed E-state index contributed by atoms with van der Waals surface area (Å²) in [5.74, 6) is 0.143. The van der Waals surface area contributed by atoms with Gasteiger partial charge in [-0.3, -0.25) is 9.59 Å². The molecule has 2 aliphatic rings. The zero-order chi connectivity index (χ0) is 22.6. The largest absolute Gasteiger partial charge is 0.352 e. The SMILES string of the molecule is CC(C)(CN1CCCC1)c1ccc(N2CC(CNC(=O)/C=C/c3cccs3)CC2=O)cc1. The van der Waals surface area contributed by atoms with Gasteiger partial charge in [-0.25, -0.2) is 0 Å². The van der Waals surface area contributed by atoms with E-state index in [9.17, 15) is 9.59 Å². The topological polar surface area (TPSA) is 52.6 Å². The quantitative estimate of drug-likeness (QED) is 0.609. The second-order valence-corrected chi connectivity index (χ2v) is 10.6. The Morgan fingerprint density at radius 3 is 2.62 bits per heavy atom. The zero-order valence-corrected chi connectivity index (χ0v) is 19.9. The van der Waals surface area contributed by atoms with E-state index in [1.165, 1.54) is 31.5 Å². The Morgan fingerprint density at radius 2 is 1.94 bits per heavy atom. The Bertz CT molecular complexity index is 944. The molecule has 3 heterocycles. The predicted octanol–water partition coefficient (Wildman–Crippen LogP) is 4.30. The summed E-state index contributed by atoms with van der Waals surface area (Å²) >= 11 is 1.60. The fourth-order valence-electron chi connectivity index (χ4n) is 4.70. The Labute approximate surface area is 195 Å². The third-order valence-corrected chi connectivity index (χ3v) is 7.33. The number of carbonyl (C=O) groups is 2. The highest BCUT2D eigenvalue weighted by atomic mass is 32.1. The molecule has 2 aromatic rings. The third-order valence-electron chi connectivity index (χ3n) is 6.49. The number of nitrogens with one attached hydrogen (secondary N) is 1.